The molecule has 0 radical (unpaired) electrons. The van der Waals surface area contributed by atoms with Crippen LogP contribution in [-0.4, -0.2) is 24.3 Å². The number of aromatic nitrogens is 1. The summed E-state index contributed by atoms with van der Waals surface area (Å²) >= 11 is 1.27. The molecule has 0 fully saturated rings. The highest BCUT2D eigenvalue weighted by Crippen LogP contribution is 2.36. The second-order valence-electron chi connectivity index (χ2n) is 5.84. The minimum absolute atomic E-state index is 0.00843. The smallest absolute Gasteiger partial charge is 0.387 e. The Morgan fingerprint density at radius 3 is 2.90 bits per heavy atom. The maximum atomic E-state index is 12.5. The minimum Gasteiger partial charge on any atom is -0.454 e. The molecule has 1 aromatic heterocycles. The topological polar surface area (TPSA) is 69.7 Å². The van der Waals surface area contributed by atoms with Gasteiger partial charge in [-0.3, -0.25) is 10.1 Å². The van der Waals surface area contributed by atoms with E-state index in [0.717, 1.165) is 5.56 Å². The first-order chi connectivity index (χ1) is 14.1. The summed E-state index contributed by atoms with van der Waals surface area (Å²) in [6.07, 6.45) is 2.63. The molecular formula is C20H14F2N2O4S. The number of carbonyl (C=O) groups excluding carboxylic acids is 1. The number of hydrogen-bond donors (Lipinski definition) is 1. The van der Waals surface area contributed by atoms with Gasteiger partial charge in [-0.25, -0.2) is 4.98 Å². The van der Waals surface area contributed by atoms with Crippen molar-refractivity contribution in [3.8, 4) is 28.5 Å². The number of hydrogen-bond acceptors (Lipinski definition) is 6. The van der Waals surface area contributed by atoms with E-state index in [0.29, 0.717) is 27.9 Å². The minimum atomic E-state index is -2.94. The summed E-state index contributed by atoms with van der Waals surface area (Å²) < 4.78 is 40.0. The molecule has 0 saturated carbocycles. The van der Waals surface area contributed by atoms with Gasteiger partial charge in [-0.15, -0.1) is 11.3 Å². The van der Waals surface area contributed by atoms with Gasteiger partial charge in [-0.1, -0.05) is 18.2 Å². The number of para-hydroxylation sites is 1. The van der Waals surface area contributed by atoms with Gasteiger partial charge in [0.1, 0.15) is 5.75 Å². The molecule has 1 aliphatic rings. The maximum Gasteiger partial charge on any atom is 0.387 e. The van der Waals surface area contributed by atoms with Crippen molar-refractivity contribution < 1.29 is 27.8 Å². The SMILES string of the molecule is O=C(/C=C/c1ccccc1OC(F)F)Nc1nc(-c2ccc3c(c2)OCO3)cs1. The van der Waals surface area contributed by atoms with Gasteiger partial charge in [0.15, 0.2) is 16.6 Å². The third kappa shape index (κ3) is 4.52. The van der Waals surface area contributed by atoms with Crippen LogP contribution in [0.4, 0.5) is 13.9 Å². The average Bonchev–Trinajstić information content (AvgIpc) is 3.35. The van der Waals surface area contributed by atoms with Gasteiger partial charge in [-0.2, -0.15) is 8.78 Å². The second kappa shape index (κ2) is 8.27. The van der Waals surface area contributed by atoms with Crippen LogP contribution < -0.4 is 19.5 Å². The van der Waals surface area contributed by atoms with Crippen molar-refractivity contribution in [2.75, 3.05) is 12.1 Å². The number of amides is 1. The molecule has 148 valence electrons. The number of alkyl halides is 2. The van der Waals surface area contributed by atoms with E-state index in [-0.39, 0.29) is 12.5 Å². The Kier molecular flexibility index (Phi) is 5.39. The number of nitrogens with one attached hydrogen (secondary N) is 1. The number of fused-ring (bicyclic) bond motifs is 1. The highest BCUT2D eigenvalue weighted by molar-refractivity contribution is 7.14. The lowest BCUT2D eigenvalue weighted by Gasteiger charge is -2.07. The maximum absolute atomic E-state index is 12.5. The Balaban J connectivity index is 1.43. The molecule has 0 bridgehead atoms. The predicted octanol–water partition coefficient (Wildman–Crippen LogP) is 4.79. The van der Waals surface area contributed by atoms with Crippen LogP contribution in [0.25, 0.3) is 17.3 Å². The number of anilines is 1. The van der Waals surface area contributed by atoms with Crippen molar-refractivity contribution in [1.82, 2.24) is 4.98 Å². The molecule has 0 saturated heterocycles. The van der Waals surface area contributed by atoms with E-state index in [9.17, 15) is 13.6 Å². The van der Waals surface area contributed by atoms with Crippen molar-refractivity contribution in [3.05, 3.63) is 59.5 Å². The Morgan fingerprint density at radius 1 is 1.21 bits per heavy atom. The van der Waals surface area contributed by atoms with Crippen LogP contribution in [0.5, 0.6) is 17.2 Å². The van der Waals surface area contributed by atoms with Crippen molar-refractivity contribution in [1.29, 1.82) is 0 Å². The highest BCUT2D eigenvalue weighted by atomic mass is 32.1. The summed E-state index contributed by atoms with van der Waals surface area (Å²) in [5, 5.41) is 4.87. The van der Waals surface area contributed by atoms with E-state index in [1.54, 1.807) is 24.3 Å². The zero-order chi connectivity index (χ0) is 20.2. The lowest BCUT2D eigenvalue weighted by Crippen LogP contribution is -2.07. The molecule has 0 atom stereocenters. The zero-order valence-corrected chi connectivity index (χ0v) is 15.6. The average molecular weight is 416 g/mol. The van der Waals surface area contributed by atoms with Crippen LogP contribution in [0.1, 0.15) is 5.56 Å². The van der Waals surface area contributed by atoms with Gasteiger partial charge in [-0.05, 0) is 30.3 Å². The first kappa shape index (κ1) is 18.9. The fourth-order valence-electron chi connectivity index (χ4n) is 2.65. The molecule has 9 heteroatoms. The van der Waals surface area contributed by atoms with Crippen LogP contribution >= 0.6 is 11.3 Å². The first-order valence-corrected chi connectivity index (χ1v) is 9.35. The largest absolute Gasteiger partial charge is 0.454 e. The van der Waals surface area contributed by atoms with E-state index in [1.165, 1.54) is 29.6 Å². The standard InChI is InChI=1S/C20H14F2N2O4S/c21-19(22)28-15-4-2-1-3-12(15)6-8-18(25)24-20-23-14(10-29-20)13-5-7-16-17(9-13)27-11-26-16/h1-10,19H,11H2,(H,23,24,25)/b8-6+. The number of halogens is 2. The molecule has 0 aliphatic carbocycles. The molecule has 1 aliphatic heterocycles. The fraction of sp³-hybridized carbons (Fsp3) is 0.100. The molecule has 4 rings (SSSR count). The van der Waals surface area contributed by atoms with E-state index >= 15 is 0 Å². The van der Waals surface area contributed by atoms with Gasteiger partial charge in [0.05, 0.1) is 5.69 Å². The van der Waals surface area contributed by atoms with Crippen molar-refractivity contribution in [3.63, 3.8) is 0 Å². The Bertz CT molecular complexity index is 1070. The molecule has 0 unspecified atom stereocenters. The van der Waals surface area contributed by atoms with Crippen LogP contribution in [0.2, 0.25) is 0 Å². The summed E-state index contributed by atoms with van der Waals surface area (Å²) in [7, 11) is 0. The quantitative estimate of drug-likeness (QED) is 0.585. The second-order valence-corrected chi connectivity index (χ2v) is 6.70. The number of carbonyl (C=O) groups is 1. The van der Waals surface area contributed by atoms with Gasteiger partial charge < -0.3 is 14.2 Å². The molecule has 1 N–H and O–H groups in total. The third-order valence-corrected chi connectivity index (χ3v) is 4.71. The lowest BCUT2D eigenvalue weighted by molar-refractivity contribution is -0.111. The van der Waals surface area contributed by atoms with E-state index in [4.69, 9.17) is 9.47 Å². The summed E-state index contributed by atoms with van der Waals surface area (Å²) in [4.78, 5) is 16.6. The van der Waals surface area contributed by atoms with Gasteiger partial charge in [0, 0.05) is 22.6 Å². The fourth-order valence-corrected chi connectivity index (χ4v) is 3.38. The Hall–Kier alpha value is -3.46. The van der Waals surface area contributed by atoms with Crippen molar-refractivity contribution >= 4 is 28.5 Å². The van der Waals surface area contributed by atoms with Gasteiger partial charge in [0.2, 0.25) is 12.7 Å². The zero-order valence-electron chi connectivity index (χ0n) is 14.8. The Morgan fingerprint density at radius 2 is 2.03 bits per heavy atom. The number of nitrogens with zero attached hydrogens (tertiary/aromatic N) is 1. The van der Waals surface area contributed by atoms with Crippen LogP contribution in [0, 0.1) is 0 Å². The molecular weight excluding hydrogens is 402 g/mol. The first-order valence-electron chi connectivity index (χ1n) is 8.47. The molecule has 0 spiro atoms. The Labute approximate surface area is 168 Å². The highest BCUT2D eigenvalue weighted by Gasteiger charge is 2.15. The summed E-state index contributed by atoms with van der Waals surface area (Å²) in [5.74, 6) is 0.877. The molecule has 2 aromatic carbocycles. The van der Waals surface area contributed by atoms with Gasteiger partial charge in [0.25, 0.3) is 0 Å². The monoisotopic (exact) mass is 416 g/mol. The summed E-state index contributed by atoms with van der Waals surface area (Å²) in [5.41, 5.74) is 1.88. The molecule has 3 aromatic rings. The number of rotatable bonds is 6. The number of benzene rings is 2. The van der Waals surface area contributed by atoms with Crippen molar-refractivity contribution in [2.24, 2.45) is 0 Å². The van der Waals surface area contributed by atoms with Crippen molar-refractivity contribution in [2.45, 2.75) is 6.61 Å². The van der Waals surface area contributed by atoms with Gasteiger partial charge >= 0.3 is 6.61 Å². The number of thiazole rings is 1. The summed E-state index contributed by atoms with van der Waals surface area (Å²) in [6, 6.07) is 11.7. The normalized spacial score (nSPS) is 12.5. The van der Waals surface area contributed by atoms with E-state index in [2.05, 4.69) is 15.0 Å². The summed E-state index contributed by atoms with van der Waals surface area (Å²) in [6.45, 7) is -2.75. The third-order valence-electron chi connectivity index (χ3n) is 3.95. The molecule has 6 nitrogen and oxygen atoms in total. The van der Waals surface area contributed by atoms with Crippen LogP contribution in [-0.2, 0) is 4.79 Å². The van der Waals surface area contributed by atoms with Crippen LogP contribution in [0.3, 0.4) is 0 Å². The predicted molar refractivity (Wildman–Crippen MR) is 104 cm³/mol. The number of ether oxygens (including phenoxy) is 3. The van der Waals surface area contributed by atoms with E-state index < -0.39 is 12.5 Å². The van der Waals surface area contributed by atoms with E-state index in [1.807, 2.05) is 17.5 Å². The molecule has 1 amide bonds. The molecule has 29 heavy (non-hydrogen) atoms. The molecule has 2 heterocycles. The van der Waals surface area contributed by atoms with Crippen LogP contribution in [0.15, 0.2) is 53.9 Å². The lowest BCUT2D eigenvalue weighted by atomic mass is 10.1.